The number of hydrogen-bond acceptors (Lipinski definition) is 7. The molecule has 0 radical (unpaired) electrons. The molecular formula is C26H35N5O4. The number of aliphatic hydroxyl groups excluding tert-OH is 1. The van der Waals surface area contributed by atoms with Gasteiger partial charge in [-0.2, -0.15) is 5.26 Å². The van der Waals surface area contributed by atoms with Crippen molar-refractivity contribution in [3.05, 3.63) is 56.7 Å². The van der Waals surface area contributed by atoms with E-state index in [-0.39, 0.29) is 17.3 Å². The molecule has 188 valence electrons. The first kappa shape index (κ1) is 25.0. The molecule has 1 unspecified atom stereocenters. The van der Waals surface area contributed by atoms with Crippen molar-refractivity contribution in [2.24, 2.45) is 0 Å². The van der Waals surface area contributed by atoms with Crippen molar-refractivity contribution in [1.29, 1.82) is 5.26 Å². The van der Waals surface area contributed by atoms with Gasteiger partial charge in [0.2, 0.25) is 0 Å². The van der Waals surface area contributed by atoms with Crippen LogP contribution in [-0.2, 0) is 0 Å². The lowest BCUT2D eigenvalue weighted by atomic mass is 9.95. The first-order chi connectivity index (χ1) is 16.8. The van der Waals surface area contributed by atoms with Gasteiger partial charge in [-0.15, -0.1) is 0 Å². The summed E-state index contributed by atoms with van der Waals surface area (Å²) in [5.74, 6) is 1.31. The van der Waals surface area contributed by atoms with Crippen LogP contribution in [0.5, 0.6) is 5.75 Å². The third-order valence-electron chi connectivity index (χ3n) is 7.19. The molecule has 4 rings (SSSR count). The number of aliphatic hydroxyl groups is 1. The van der Waals surface area contributed by atoms with Gasteiger partial charge in [-0.1, -0.05) is 19.3 Å². The van der Waals surface area contributed by atoms with E-state index in [0.717, 1.165) is 25.7 Å². The Bertz CT molecular complexity index is 1150. The highest BCUT2D eigenvalue weighted by molar-refractivity contribution is 5.40. The number of rotatable bonds is 7. The number of aromatic amines is 1. The molecule has 9 nitrogen and oxygen atoms in total. The van der Waals surface area contributed by atoms with E-state index in [4.69, 9.17) is 10.00 Å². The number of β-amino-alcohol motifs (C(OH)–C–C–N with tert-alkyl or cyclic N) is 1. The Balaban J connectivity index is 1.38. The number of aromatic nitrogens is 2. The van der Waals surface area contributed by atoms with Crippen molar-refractivity contribution in [3.8, 4) is 11.8 Å². The molecule has 1 aliphatic heterocycles. The number of H-pyrrole nitrogens is 1. The number of benzene rings is 1. The topological polar surface area (TPSA) is 115 Å². The van der Waals surface area contributed by atoms with Gasteiger partial charge >= 0.3 is 5.69 Å². The number of piperazine rings is 1. The molecule has 35 heavy (non-hydrogen) atoms. The first-order valence-electron chi connectivity index (χ1n) is 12.5. The van der Waals surface area contributed by atoms with Crippen LogP contribution in [0.3, 0.4) is 0 Å². The predicted molar refractivity (Wildman–Crippen MR) is 134 cm³/mol. The SMILES string of the molecule is CC(C)(Oc1ccc(C#N)cc1)C(O)CN1CCN(c2cc(=O)[nH]c(=O)n2C2CCCCC2)CC1. The van der Waals surface area contributed by atoms with Crippen LogP contribution < -0.4 is 20.9 Å². The van der Waals surface area contributed by atoms with E-state index < -0.39 is 11.7 Å². The van der Waals surface area contributed by atoms with E-state index in [0.29, 0.717) is 49.9 Å². The maximum atomic E-state index is 12.7. The molecule has 0 bridgehead atoms. The average molecular weight is 482 g/mol. The molecule has 0 spiro atoms. The first-order valence-corrected chi connectivity index (χ1v) is 12.5. The van der Waals surface area contributed by atoms with Crippen molar-refractivity contribution in [1.82, 2.24) is 14.5 Å². The van der Waals surface area contributed by atoms with Crippen LogP contribution in [-0.4, -0.2) is 64.0 Å². The fourth-order valence-corrected chi connectivity index (χ4v) is 5.02. The molecule has 1 saturated heterocycles. The molecule has 9 heteroatoms. The summed E-state index contributed by atoms with van der Waals surface area (Å²) in [6, 6.07) is 10.6. The van der Waals surface area contributed by atoms with Crippen molar-refractivity contribution in [2.45, 2.75) is 63.7 Å². The summed E-state index contributed by atoms with van der Waals surface area (Å²) in [5, 5.41) is 19.9. The number of hydrogen-bond donors (Lipinski definition) is 2. The molecule has 2 fully saturated rings. The lowest BCUT2D eigenvalue weighted by Gasteiger charge is -2.40. The molecule has 2 aromatic rings. The van der Waals surface area contributed by atoms with Gasteiger partial charge in [0.15, 0.2) is 0 Å². The number of ether oxygens (including phenoxy) is 1. The Hall–Kier alpha value is -3.09. The van der Waals surface area contributed by atoms with Gasteiger partial charge in [0.05, 0.1) is 11.6 Å². The summed E-state index contributed by atoms with van der Waals surface area (Å²) in [7, 11) is 0. The quantitative estimate of drug-likeness (QED) is 0.623. The Morgan fingerprint density at radius 2 is 1.77 bits per heavy atom. The van der Waals surface area contributed by atoms with Gasteiger partial charge in [-0.05, 0) is 51.0 Å². The van der Waals surface area contributed by atoms with Gasteiger partial charge in [0.25, 0.3) is 5.56 Å². The Morgan fingerprint density at radius 1 is 1.11 bits per heavy atom. The fraction of sp³-hybridized carbons (Fsp3) is 0.577. The minimum absolute atomic E-state index is 0.128. The maximum Gasteiger partial charge on any atom is 0.330 e. The second kappa shape index (κ2) is 10.7. The fourth-order valence-electron chi connectivity index (χ4n) is 5.02. The normalized spacial score (nSPS) is 18.7. The summed E-state index contributed by atoms with van der Waals surface area (Å²) in [6.45, 7) is 6.89. The van der Waals surface area contributed by atoms with Gasteiger partial charge in [-0.3, -0.25) is 19.2 Å². The van der Waals surface area contributed by atoms with E-state index in [1.807, 2.05) is 13.8 Å². The number of nitriles is 1. The third kappa shape index (κ3) is 5.95. The van der Waals surface area contributed by atoms with Gasteiger partial charge in [-0.25, -0.2) is 4.79 Å². The second-order valence-corrected chi connectivity index (χ2v) is 10.1. The Kier molecular flexibility index (Phi) is 7.63. The lowest BCUT2D eigenvalue weighted by Crippen LogP contribution is -2.54. The number of nitrogens with one attached hydrogen (secondary N) is 1. The zero-order valence-corrected chi connectivity index (χ0v) is 20.6. The van der Waals surface area contributed by atoms with Crippen molar-refractivity contribution >= 4 is 5.82 Å². The largest absolute Gasteiger partial charge is 0.485 e. The number of anilines is 1. The van der Waals surface area contributed by atoms with E-state index in [9.17, 15) is 14.7 Å². The number of nitrogens with zero attached hydrogens (tertiary/aromatic N) is 4. The van der Waals surface area contributed by atoms with Crippen LogP contribution in [0.2, 0.25) is 0 Å². The minimum atomic E-state index is -0.820. The highest BCUT2D eigenvalue weighted by atomic mass is 16.5. The summed E-state index contributed by atoms with van der Waals surface area (Å²) in [4.78, 5) is 31.6. The molecule has 1 atom stereocenters. The monoisotopic (exact) mass is 481 g/mol. The van der Waals surface area contributed by atoms with Crippen molar-refractivity contribution < 1.29 is 9.84 Å². The zero-order chi connectivity index (χ0) is 25.0. The van der Waals surface area contributed by atoms with Crippen LogP contribution in [0, 0.1) is 11.3 Å². The summed E-state index contributed by atoms with van der Waals surface area (Å²) < 4.78 is 7.82. The van der Waals surface area contributed by atoms with Crippen LogP contribution in [0.15, 0.2) is 39.9 Å². The van der Waals surface area contributed by atoms with E-state index in [2.05, 4.69) is 20.9 Å². The molecule has 1 aromatic heterocycles. The molecule has 2 aliphatic rings. The van der Waals surface area contributed by atoms with E-state index >= 15 is 0 Å². The Morgan fingerprint density at radius 3 is 2.40 bits per heavy atom. The van der Waals surface area contributed by atoms with Crippen LogP contribution in [0.4, 0.5) is 5.82 Å². The van der Waals surface area contributed by atoms with Gasteiger partial charge in [0.1, 0.15) is 23.3 Å². The van der Waals surface area contributed by atoms with Crippen LogP contribution >= 0.6 is 0 Å². The van der Waals surface area contributed by atoms with E-state index in [1.165, 1.54) is 6.42 Å². The van der Waals surface area contributed by atoms with Crippen LogP contribution in [0.25, 0.3) is 0 Å². The standard InChI is InChI=1S/C26H35N5O4/c1-26(2,35-21-10-8-19(17-27)9-11-21)22(32)18-29-12-14-30(15-13-29)24-16-23(33)28-25(34)31(24)20-6-4-3-5-7-20/h8-11,16,20,22,32H,3-7,12-15,18H2,1-2H3,(H,28,33,34). The average Bonchev–Trinajstić information content (AvgIpc) is 2.85. The third-order valence-corrected chi connectivity index (χ3v) is 7.19. The van der Waals surface area contributed by atoms with Crippen molar-refractivity contribution in [2.75, 3.05) is 37.6 Å². The summed E-state index contributed by atoms with van der Waals surface area (Å²) in [6.07, 6.45) is 4.57. The highest BCUT2D eigenvalue weighted by Gasteiger charge is 2.33. The smallest absolute Gasteiger partial charge is 0.330 e. The van der Waals surface area contributed by atoms with Crippen LogP contribution in [0.1, 0.15) is 57.6 Å². The molecule has 2 N–H and O–H groups in total. The molecule has 0 amide bonds. The Labute approximate surface area is 205 Å². The van der Waals surface area contributed by atoms with E-state index in [1.54, 1.807) is 34.9 Å². The summed E-state index contributed by atoms with van der Waals surface area (Å²) in [5.41, 5.74) is -0.946. The highest BCUT2D eigenvalue weighted by Crippen LogP contribution is 2.30. The molecule has 1 aromatic carbocycles. The molecule has 1 aliphatic carbocycles. The van der Waals surface area contributed by atoms with Gasteiger partial charge < -0.3 is 14.7 Å². The lowest BCUT2D eigenvalue weighted by molar-refractivity contribution is -0.0449. The predicted octanol–water partition coefficient (Wildman–Crippen LogP) is 2.25. The molecular weight excluding hydrogens is 446 g/mol. The van der Waals surface area contributed by atoms with Gasteiger partial charge in [0, 0.05) is 44.8 Å². The van der Waals surface area contributed by atoms with Crippen molar-refractivity contribution in [3.63, 3.8) is 0 Å². The summed E-state index contributed by atoms with van der Waals surface area (Å²) >= 11 is 0. The maximum absolute atomic E-state index is 12.7. The second-order valence-electron chi connectivity index (χ2n) is 10.1. The minimum Gasteiger partial charge on any atom is -0.485 e. The zero-order valence-electron chi connectivity index (χ0n) is 20.6. The molecule has 1 saturated carbocycles. The molecule has 2 heterocycles.